The van der Waals surface area contributed by atoms with E-state index in [1.54, 1.807) is 45.9 Å². The van der Waals surface area contributed by atoms with E-state index in [1.807, 2.05) is 30.3 Å². The summed E-state index contributed by atoms with van der Waals surface area (Å²) in [7, 11) is 0. The van der Waals surface area contributed by atoms with Crippen LogP contribution in [-0.4, -0.2) is 21.3 Å². The SMILES string of the molecule is CC(C)(Cl)C(=O)c1ccc(C(Br)c2cccc(C(=O)C(C)(C)Cl)c2)cc1. The Bertz CT molecular complexity index is 815. The number of ketones is 2. The summed E-state index contributed by atoms with van der Waals surface area (Å²) < 4.78 is 0. The van der Waals surface area contributed by atoms with Crippen molar-refractivity contribution in [2.75, 3.05) is 0 Å². The molecule has 138 valence electrons. The highest BCUT2D eigenvalue weighted by Crippen LogP contribution is 2.33. The van der Waals surface area contributed by atoms with Gasteiger partial charge in [-0.25, -0.2) is 0 Å². The first-order valence-corrected chi connectivity index (χ1v) is 9.90. The molecule has 0 saturated carbocycles. The molecule has 0 amide bonds. The van der Waals surface area contributed by atoms with E-state index in [0.717, 1.165) is 11.1 Å². The van der Waals surface area contributed by atoms with Crippen molar-refractivity contribution in [3.8, 4) is 0 Å². The molecule has 2 aromatic rings. The average Bonchev–Trinajstić information content (AvgIpc) is 2.58. The van der Waals surface area contributed by atoms with Crippen LogP contribution in [0, 0.1) is 0 Å². The van der Waals surface area contributed by atoms with Crippen LogP contribution in [0.5, 0.6) is 0 Å². The van der Waals surface area contributed by atoms with Gasteiger partial charge >= 0.3 is 0 Å². The summed E-state index contributed by atoms with van der Waals surface area (Å²) in [5.41, 5.74) is 3.06. The standard InChI is InChI=1S/C21H21BrCl2O2/c1-20(2,23)18(25)14-10-8-13(9-11-14)17(22)15-6-5-7-16(12-15)19(26)21(3,4)24/h5-12,17H,1-4H3. The lowest BCUT2D eigenvalue weighted by Gasteiger charge is -2.17. The van der Waals surface area contributed by atoms with E-state index in [9.17, 15) is 9.59 Å². The monoisotopic (exact) mass is 454 g/mol. The summed E-state index contributed by atoms with van der Waals surface area (Å²) in [6.45, 7) is 6.73. The van der Waals surface area contributed by atoms with Gasteiger partial charge in [0.1, 0.15) is 9.75 Å². The maximum absolute atomic E-state index is 12.4. The summed E-state index contributed by atoms with van der Waals surface area (Å²) >= 11 is 15.9. The molecule has 2 aromatic carbocycles. The third kappa shape index (κ3) is 4.97. The smallest absolute Gasteiger partial charge is 0.183 e. The molecule has 0 heterocycles. The van der Waals surface area contributed by atoms with Gasteiger partial charge in [-0.15, -0.1) is 23.2 Å². The maximum Gasteiger partial charge on any atom is 0.183 e. The van der Waals surface area contributed by atoms with Crippen molar-refractivity contribution in [3.63, 3.8) is 0 Å². The molecule has 0 spiro atoms. The van der Waals surface area contributed by atoms with E-state index < -0.39 is 9.75 Å². The van der Waals surface area contributed by atoms with Gasteiger partial charge in [0.15, 0.2) is 11.6 Å². The zero-order valence-corrected chi connectivity index (χ0v) is 18.2. The Morgan fingerprint density at radius 1 is 0.808 bits per heavy atom. The summed E-state index contributed by atoms with van der Waals surface area (Å²) in [4.78, 5) is 22.6. The molecule has 0 radical (unpaired) electrons. The molecule has 0 aliphatic carbocycles. The van der Waals surface area contributed by atoms with Crippen molar-refractivity contribution < 1.29 is 9.59 Å². The number of hydrogen-bond donors (Lipinski definition) is 0. The number of carbonyl (C=O) groups is 2. The maximum atomic E-state index is 12.4. The first-order chi connectivity index (χ1) is 11.9. The lowest BCUT2D eigenvalue weighted by molar-refractivity contribution is 0.0947. The van der Waals surface area contributed by atoms with Crippen LogP contribution in [0.25, 0.3) is 0 Å². The molecule has 1 unspecified atom stereocenters. The Kier molecular flexibility index (Phi) is 6.37. The highest BCUT2D eigenvalue weighted by atomic mass is 79.9. The normalized spacial score (nSPS) is 13.3. The zero-order valence-electron chi connectivity index (χ0n) is 15.1. The van der Waals surface area contributed by atoms with Crippen molar-refractivity contribution in [1.29, 1.82) is 0 Å². The van der Waals surface area contributed by atoms with Crippen molar-refractivity contribution in [1.82, 2.24) is 0 Å². The van der Waals surface area contributed by atoms with Crippen LogP contribution < -0.4 is 0 Å². The molecule has 1 atom stereocenters. The van der Waals surface area contributed by atoms with Crippen molar-refractivity contribution in [2.45, 2.75) is 42.3 Å². The molecule has 0 aromatic heterocycles. The van der Waals surface area contributed by atoms with Gasteiger partial charge in [0.05, 0.1) is 4.83 Å². The van der Waals surface area contributed by atoms with Gasteiger partial charge in [-0.2, -0.15) is 0 Å². The second-order valence-electron chi connectivity index (χ2n) is 7.21. The van der Waals surface area contributed by atoms with Gasteiger partial charge in [0, 0.05) is 11.1 Å². The van der Waals surface area contributed by atoms with E-state index in [-0.39, 0.29) is 16.4 Å². The predicted molar refractivity (Wildman–Crippen MR) is 112 cm³/mol. The molecule has 0 saturated heterocycles. The van der Waals surface area contributed by atoms with Gasteiger partial charge in [-0.05, 0) is 44.9 Å². The summed E-state index contributed by atoms with van der Waals surface area (Å²) in [6.07, 6.45) is 0. The molecule has 2 nitrogen and oxygen atoms in total. The van der Waals surface area contributed by atoms with Crippen molar-refractivity contribution >= 4 is 50.7 Å². The molecule has 5 heteroatoms. The molecule has 0 aliphatic rings. The Hall–Kier alpha value is -1.16. The highest BCUT2D eigenvalue weighted by molar-refractivity contribution is 9.09. The zero-order chi connectivity index (χ0) is 19.7. The molecule has 0 bridgehead atoms. The fourth-order valence-corrected chi connectivity index (χ4v) is 3.33. The molecule has 0 fully saturated rings. The van der Waals surface area contributed by atoms with Gasteiger partial charge in [0.2, 0.25) is 0 Å². The summed E-state index contributed by atoms with van der Waals surface area (Å²) in [5.74, 6) is -0.236. The third-order valence-electron chi connectivity index (χ3n) is 3.99. The van der Waals surface area contributed by atoms with Crippen LogP contribution in [0.3, 0.4) is 0 Å². The largest absolute Gasteiger partial charge is 0.292 e. The molecule has 26 heavy (non-hydrogen) atoms. The van der Waals surface area contributed by atoms with E-state index in [4.69, 9.17) is 23.2 Å². The number of carbonyl (C=O) groups excluding carboxylic acids is 2. The highest BCUT2D eigenvalue weighted by Gasteiger charge is 2.27. The van der Waals surface area contributed by atoms with Crippen LogP contribution in [-0.2, 0) is 0 Å². The minimum atomic E-state index is -0.948. The minimum Gasteiger partial charge on any atom is -0.292 e. The van der Waals surface area contributed by atoms with E-state index in [2.05, 4.69) is 15.9 Å². The van der Waals surface area contributed by atoms with Gasteiger partial charge in [0.25, 0.3) is 0 Å². The second-order valence-corrected chi connectivity index (χ2v) is 10.0. The Labute approximate surface area is 173 Å². The fourth-order valence-electron chi connectivity index (χ4n) is 2.52. The molecule has 0 aliphatic heterocycles. The van der Waals surface area contributed by atoms with Crippen LogP contribution in [0.2, 0.25) is 0 Å². The lowest BCUT2D eigenvalue weighted by atomic mass is 9.95. The Balaban J connectivity index is 2.28. The van der Waals surface area contributed by atoms with E-state index >= 15 is 0 Å². The first-order valence-electron chi connectivity index (χ1n) is 8.22. The third-order valence-corrected chi connectivity index (χ3v) is 5.39. The van der Waals surface area contributed by atoms with Crippen LogP contribution in [0.4, 0.5) is 0 Å². The number of halogens is 3. The van der Waals surface area contributed by atoms with Gasteiger partial charge in [-0.3, -0.25) is 9.59 Å². The predicted octanol–water partition coefficient (Wildman–Crippen LogP) is 6.57. The average molecular weight is 456 g/mol. The number of Topliss-reactive ketones (excluding diaryl/α,β-unsaturated/α-hetero) is 2. The molecular formula is C21H21BrCl2O2. The number of alkyl halides is 3. The quantitative estimate of drug-likeness (QED) is 0.364. The summed E-state index contributed by atoms with van der Waals surface area (Å²) in [6, 6.07) is 14.7. The van der Waals surface area contributed by atoms with Crippen LogP contribution in [0.15, 0.2) is 48.5 Å². The van der Waals surface area contributed by atoms with E-state index in [0.29, 0.717) is 11.1 Å². The first kappa shape index (κ1) is 21.1. The molecular weight excluding hydrogens is 435 g/mol. The number of benzene rings is 2. The Morgan fingerprint density at radius 2 is 1.31 bits per heavy atom. The van der Waals surface area contributed by atoms with E-state index in [1.165, 1.54) is 0 Å². The van der Waals surface area contributed by atoms with Crippen molar-refractivity contribution in [2.24, 2.45) is 0 Å². The molecule has 0 N–H and O–H groups in total. The number of rotatable bonds is 6. The second kappa shape index (κ2) is 7.84. The topological polar surface area (TPSA) is 34.1 Å². The fraction of sp³-hybridized carbons (Fsp3) is 0.333. The molecule has 2 rings (SSSR count). The lowest BCUT2D eigenvalue weighted by Crippen LogP contribution is -2.24. The van der Waals surface area contributed by atoms with Gasteiger partial charge in [-0.1, -0.05) is 58.4 Å². The van der Waals surface area contributed by atoms with Crippen LogP contribution in [0.1, 0.15) is 64.4 Å². The van der Waals surface area contributed by atoms with Crippen LogP contribution >= 0.6 is 39.1 Å². The van der Waals surface area contributed by atoms with Gasteiger partial charge < -0.3 is 0 Å². The number of hydrogen-bond acceptors (Lipinski definition) is 2. The summed E-state index contributed by atoms with van der Waals surface area (Å²) in [5, 5.41) is 0. The van der Waals surface area contributed by atoms with Crippen molar-refractivity contribution in [3.05, 3.63) is 70.8 Å². The minimum absolute atomic E-state index is 0.109. The Morgan fingerprint density at radius 3 is 1.81 bits per heavy atom.